The Morgan fingerprint density at radius 3 is 2.71 bits per heavy atom. The van der Waals surface area contributed by atoms with Crippen LogP contribution in [-0.4, -0.2) is 13.7 Å². The number of methoxy groups -OCH3 is 1. The smallest absolute Gasteiger partial charge is 0.130 e. The lowest BCUT2D eigenvalue weighted by Crippen LogP contribution is -2.02. The van der Waals surface area contributed by atoms with Gasteiger partial charge >= 0.3 is 0 Å². The van der Waals surface area contributed by atoms with Crippen molar-refractivity contribution in [2.45, 2.75) is 19.8 Å². The van der Waals surface area contributed by atoms with Crippen LogP contribution in [-0.2, 0) is 6.42 Å². The van der Waals surface area contributed by atoms with Crippen LogP contribution in [0.15, 0.2) is 12.1 Å². The van der Waals surface area contributed by atoms with E-state index >= 15 is 0 Å². The second-order valence-electron chi connectivity index (χ2n) is 3.31. The van der Waals surface area contributed by atoms with E-state index < -0.39 is 0 Å². The third-order valence-electron chi connectivity index (χ3n) is 2.21. The highest BCUT2D eigenvalue weighted by Gasteiger charge is 2.06. The Morgan fingerprint density at radius 2 is 2.14 bits per heavy atom. The largest absolute Gasteiger partial charge is 0.496 e. The summed E-state index contributed by atoms with van der Waals surface area (Å²) in [7, 11) is 1.54. The van der Waals surface area contributed by atoms with E-state index in [9.17, 15) is 4.39 Å². The molecule has 0 aliphatic carbocycles. The van der Waals surface area contributed by atoms with Gasteiger partial charge in [0.25, 0.3) is 0 Å². The Hall–Kier alpha value is -1.09. The minimum Gasteiger partial charge on any atom is -0.496 e. The highest BCUT2D eigenvalue weighted by molar-refractivity contribution is 5.37. The maximum Gasteiger partial charge on any atom is 0.130 e. The third-order valence-corrected chi connectivity index (χ3v) is 2.21. The molecule has 0 unspecified atom stereocenters. The molecule has 0 saturated carbocycles. The third kappa shape index (κ3) is 2.45. The predicted molar refractivity (Wildman–Crippen MR) is 55.1 cm³/mol. The topological polar surface area (TPSA) is 35.2 Å². The van der Waals surface area contributed by atoms with E-state index in [1.165, 1.54) is 6.07 Å². The summed E-state index contributed by atoms with van der Waals surface area (Å²) in [5.41, 5.74) is 7.05. The fourth-order valence-electron chi connectivity index (χ4n) is 1.43. The van der Waals surface area contributed by atoms with Crippen LogP contribution < -0.4 is 10.5 Å². The Labute approximate surface area is 83.9 Å². The van der Waals surface area contributed by atoms with Crippen LogP contribution in [0.1, 0.15) is 17.5 Å². The van der Waals surface area contributed by atoms with Crippen LogP contribution >= 0.6 is 0 Å². The minimum atomic E-state index is -0.207. The van der Waals surface area contributed by atoms with Gasteiger partial charge in [-0.3, -0.25) is 0 Å². The number of benzene rings is 1. The molecule has 1 aromatic rings. The van der Waals surface area contributed by atoms with Gasteiger partial charge in [-0.15, -0.1) is 0 Å². The summed E-state index contributed by atoms with van der Waals surface area (Å²) < 4.78 is 18.4. The molecule has 14 heavy (non-hydrogen) atoms. The van der Waals surface area contributed by atoms with Crippen LogP contribution in [0.5, 0.6) is 5.75 Å². The number of ether oxygens (including phenoxy) is 1. The van der Waals surface area contributed by atoms with Gasteiger partial charge in [0.2, 0.25) is 0 Å². The second-order valence-corrected chi connectivity index (χ2v) is 3.31. The molecule has 0 amide bonds. The van der Waals surface area contributed by atoms with Gasteiger partial charge in [0.1, 0.15) is 11.6 Å². The standard InChI is InChI=1S/C11H16FNO/c1-8-6-9(4-3-5-13)10(12)7-11(8)14-2/h6-7H,3-5,13H2,1-2H3. The zero-order valence-electron chi connectivity index (χ0n) is 8.64. The molecule has 2 N–H and O–H groups in total. The van der Waals surface area contributed by atoms with Crippen molar-refractivity contribution >= 4 is 0 Å². The van der Waals surface area contributed by atoms with Gasteiger partial charge in [0.15, 0.2) is 0 Å². The average molecular weight is 197 g/mol. The molecule has 1 aromatic carbocycles. The molecular weight excluding hydrogens is 181 g/mol. The van der Waals surface area contributed by atoms with Gasteiger partial charge < -0.3 is 10.5 Å². The summed E-state index contributed by atoms with van der Waals surface area (Å²) in [4.78, 5) is 0. The van der Waals surface area contributed by atoms with E-state index in [0.717, 1.165) is 12.0 Å². The summed E-state index contributed by atoms with van der Waals surface area (Å²) in [6.45, 7) is 2.49. The first-order chi connectivity index (χ1) is 6.69. The molecule has 0 fully saturated rings. The lowest BCUT2D eigenvalue weighted by atomic mass is 10.1. The van der Waals surface area contributed by atoms with Gasteiger partial charge in [-0.05, 0) is 43.5 Å². The summed E-state index contributed by atoms with van der Waals surface area (Å²) in [6.07, 6.45) is 1.50. The summed E-state index contributed by atoms with van der Waals surface area (Å²) in [5, 5.41) is 0. The van der Waals surface area contributed by atoms with Crippen LogP contribution in [0, 0.1) is 12.7 Å². The van der Waals surface area contributed by atoms with Crippen molar-refractivity contribution in [3.05, 3.63) is 29.1 Å². The van der Waals surface area contributed by atoms with Crippen LogP contribution in [0.4, 0.5) is 4.39 Å². The molecule has 78 valence electrons. The summed E-state index contributed by atoms with van der Waals surface area (Å²) in [6, 6.07) is 3.25. The van der Waals surface area contributed by atoms with Gasteiger partial charge in [-0.25, -0.2) is 4.39 Å². The average Bonchev–Trinajstić information content (AvgIpc) is 2.18. The monoisotopic (exact) mass is 197 g/mol. The van der Waals surface area contributed by atoms with E-state index in [-0.39, 0.29) is 5.82 Å². The zero-order chi connectivity index (χ0) is 10.6. The summed E-state index contributed by atoms with van der Waals surface area (Å²) in [5.74, 6) is 0.389. The molecule has 0 bridgehead atoms. The molecule has 2 nitrogen and oxygen atoms in total. The lowest BCUT2D eigenvalue weighted by molar-refractivity contribution is 0.407. The van der Waals surface area contributed by atoms with Gasteiger partial charge in [-0.2, -0.15) is 0 Å². The fourth-order valence-corrected chi connectivity index (χ4v) is 1.43. The van der Waals surface area contributed by atoms with Gasteiger partial charge in [0.05, 0.1) is 7.11 Å². The van der Waals surface area contributed by atoms with Crippen LogP contribution in [0.3, 0.4) is 0 Å². The molecule has 0 heterocycles. The molecule has 0 aromatic heterocycles. The number of halogens is 1. The number of hydrogen-bond donors (Lipinski definition) is 1. The van der Waals surface area contributed by atoms with E-state index in [4.69, 9.17) is 10.5 Å². The SMILES string of the molecule is COc1cc(F)c(CCCN)cc1C. The highest BCUT2D eigenvalue weighted by atomic mass is 19.1. The van der Waals surface area contributed by atoms with Crippen molar-refractivity contribution in [3.63, 3.8) is 0 Å². The van der Waals surface area contributed by atoms with Crippen LogP contribution in [0.2, 0.25) is 0 Å². The highest BCUT2D eigenvalue weighted by Crippen LogP contribution is 2.22. The normalized spacial score (nSPS) is 10.3. The predicted octanol–water partition coefficient (Wildman–Crippen LogP) is 2.03. The Bertz CT molecular complexity index is 312. The number of hydrogen-bond acceptors (Lipinski definition) is 2. The van der Waals surface area contributed by atoms with Gasteiger partial charge in [-0.1, -0.05) is 0 Å². The molecule has 0 aliphatic rings. The maximum atomic E-state index is 13.4. The molecule has 0 spiro atoms. The molecular formula is C11H16FNO. The van der Waals surface area contributed by atoms with Crippen molar-refractivity contribution in [3.8, 4) is 5.75 Å². The van der Waals surface area contributed by atoms with E-state index in [2.05, 4.69) is 0 Å². The quantitative estimate of drug-likeness (QED) is 0.801. The second kappa shape index (κ2) is 4.96. The van der Waals surface area contributed by atoms with E-state index in [1.54, 1.807) is 7.11 Å². The minimum absolute atomic E-state index is 0.207. The number of aryl methyl sites for hydroxylation is 2. The van der Waals surface area contributed by atoms with Crippen molar-refractivity contribution in [2.75, 3.05) is 13.7 Å². The first kappa shape index (κ1) is 11.0. The first-order valence-electron chi connectivity index (χ1n) is 4.72. The van der Waals surface area contributed by atoms with E-state index in [1.807, 2.05) is 13.0 Å². The van der Waals surface area contributed by atoms with Crippen molar-refractivity contribution in [1.82, 2.24) is 0 Å². The molecule has 1 rings (SSSR count). The Balaban J connectivity index is 2.90. The molecule has 0 aliphatic heterocycles. The van der Waals surface area contributed by atoms with Crippen molar-refractivity contribution in [1.29, 1.82) is 0 Å². The summed E-state index contributed by atoms with van der Waals surface area (Å²) >= 11 is 0. The molecule has 0 radical (unpaired) electrons. The van der Waals surface area contributed by atoms with Crippen LogP contribution in [0.25, 0.3) is 0 Å². The fraction of sp³-hybridized carbons (Fsp3) is 0.455. The molecule has 0 atom stereocenters. The Kier molecular flexibility index (Phi) is 3.89. The van der Waals surface area contributed by atoms with Crippen molar-refractivity contribution in [2.24, 2.45) is 5.73 Å². The first-order valence-corrected chi connectivity index (χ1v) is 4.72. The maximum absolute atomic E-state index is 13.4. The Morgan fingerprint density at radius 1 is 1.43 bits per heavy atom. The van der Waals surface area contributed by atoms with Gasteiger partial charge in [0, 0.05) is 6.07 Å². The van der Waals surface area contributed by atoms with E-state index in [0.29, 0.717) is 24.3 Å². The molecule has 0 saturated heterocycles. The number of nitrogens with two attached hydrogens (primary N) is 1. The lowest BCUT2D eigenvalue weighted by Gasteiger charge is -2.08. The molecule has 3 heteroatoms. The number of rotatable bonds is 4. The zero-order valence-corrected chi connectivity index (χ0v) is 8.64. The van der Waals surface area contributed by atoms with Crippen molar-refractivity contribution < 1.29 is 9.13 Å².